The summed E-state index contributed by atoms with van der Waals surface area (Å²) in [6, 6.07) is 5.00. The monoisotopic (exact) mass is 280 g/mol. The van der Waals surface area contributed by atoms with Gasteiger partial charge in [0.05, 0.1) is 0 Å². The first-order valence-electron chi connectivity index (χ1n) is 7.18. The molecule has 1 saturated heterocycles. The third-order valence-corrected chi connectivity index (χ3v) is 3.84. The van der Waals surface area contributed by atoms with E-state index in [4.69, 9.17) is 0 Å². The van der Waals surface area contributed by atoms with Crippen molar-refractivity contribution in [2.24, 2.45) is 0 Å². The number of phenolic OH excluding ortho intramolecular Hbond substituents is 1. The number of hydrogen-bond acceptors (Lipinski definition) is 3. The number of benzene rings is 1. The van der Waals surface area contributed by atoms with Crippen LogP contribution < -0.4 is 10.6 Å². The normalized spacial score (nSPS) is 21.9. The summed E-state index contributed by atoms with van der Waals surface area (Å²) in [5.74, 6) is -0.803. The zero-order chi connectivity index (χ0) is 15.0. The molecule has 1 fully saturated rings. The fourth-order valence-electron chi connectivity index (χ4n) is 3.42. The second kappa shape index (κ2) is 5.34. The first kappa shape index (κ1) is 15.3. The van der Waals surface area contributed by atoms with E-state index in [1.165, 1.54) is 6.07 Å². The molecule has 1 aliphatic heterocycles. The summed E-state index contributed by atoms with van der Waals surface area (Å²) in [5.41, 5.74) is 0.756. The molecule has 0 amide bonds. The van der Waals surface area contributed by atoms with Crippen LogP contribution in [0.3, 0.4) is 0 Å². The van der Waals surface area contributed by atoms with Crippen LogP contribution in [0.15, 0.2) is 18.2 Å². The van der Waals surface area contributed by atoms with Gasteiger partial charge in [-0.05, 0) is 46.6 Å². The van der Waals surface area contributed by atoms with E-state index in [0.717, 1.165) is 12.8 Å². The van der Waals surface area contributed by atoms with Gasteiger partial charge in [-0.1, -0.05) is 12.1 Å². The lowest BCUT2D eigenvalue weighted by molar-refractivity contribution is 0.145. The van der Waals surface area contributed by atoms with Gasteiger partial charge in [-0.2, -0.15) is 0 Å². The van der Waals surface area contributed by atoms with Gasteiger partial charge in [0, 0.05) is 29.2 Å². The Bertz CT molecular complexity index is 469. The Morgan fingerprint density at radius 1 is 1.25 bits per heavy atom. The highest BCUT2D eigenvalue weighted by atomic mass is 19.1. The number of phenols is 1. The van der Waals surface area contributed by atoms with Crippen molar-refractivity contribution in [3.63, 3.8) is 0 Å². The van der Waals surface area contributed by atoms with Gasteiger partial charge in [0.1, 0.15) is 0 Å². The molecule has 1 heterocycles. The van der Waals surface area contributed by atoms with E-state index >= 15 is 0 Å². The zero-order valence-corrected chi connectivity index (χ0v) is 12.8. The molecule has 1 aromatic carbocycles. The maximum Gasteiger partial charge on any atom is 0.165 e. The number of nitrogens with one attached hydrogen (secondary N) is 2. The molecule has 0 spiro atoms. The Morgan fingerprint density at radius 2 is 1.85 bits per heavy atom. The average molecular weight is 280 g/mol. The molecule has 0 bridgehead atoms. The van der Waals surface area contributed by atoms with Crippen molar-refractivity contribution in [1.82, 2.24) is 10.6 Å². The summed E-state index contributed by atoms with van der Waals surface area (Å²) >= 11 is 0. The molecule has 1 aromatic rings. The van der Waals surface area contributed by atoms with Crippen molar-refractivity contribution in [3.05, 3.63) is 29.6 Å². The van der Waals surface area contributed by atoms with Gasteiger partial charge in [0.25, 0.3) is 0 Å². The van der Waals surface area contributed by atoms with Crippen molar-refractivity contribution in [1.29, 1.82) is 0 Å². The minimum absolute atomic E-state index is 0.0728. The van der Waals surface area contributed by atoms with Crippen LogP contribution in [0.25, 0.3) is 0 Å². The highest BCUT2D eigenvalue weighted by Gasteiger charge is 2.37. The molecule has 4 heteroatoms. The fraction of sp³-hybridized carbons (Fsp3) is 0.625. The highest BCUT2D eigenvalue weighted by Crippen LogP contribution is 2.29. The minimum Gasteiger partial charge on any atom is -0.505 e. The van der Waals surface area contributed by atoms with Crippen LogP contribution in [-0.2, 0) is 6.54 Å². The summed E-state index contributed by atoms with van der Waals surface area (Å²) < 4.78 is 13.3. The van der Waals surface area contributed by atoms with E-state index < -0.39 is 5.82 Å². The first-order valence-corrected chi connectivity index (χ1v) is 7.18. The van der Waals surface area contributed by atoms with Crippen molar-refractivity contribution in [2.75, 3.05) is 0 Å². The lowest BCUT2D eigenvalue weighted by atomic mass is 9.79. The molecule has 1 aliphatic rings. The van der Waals surface area contributed by atoms with Crippen LogP contribution in [0.4, 0.5) is 4.39 Å². The highest BCUT2D eigenvalue weighted by molar-refractivity contribution is 5.33. The van der Waals surface area contributed by atoms with E-state index in [0.29, 0.717) is 18.2 Å². The molecule has 0 unspecified atom stereocenters. The van der Waals surface area contributed by atoms with Crippen molar-refractivity contribution in [3.8, 4) is 5.75 Å². The Morgan fingerprint density at radius 3 is 2.45 bits per heavy atom. The average Bonchev–Trinajstić information content (AvgIpc) is 2.27. The molecule has 3 nitrogen and oxygen atoms in total. The minimum atomic E-state index is -0.560. The number of piperidine rings is 1. The van der Waals surface area contributed by atoms with Gasteiger partial charge < -0.3 is 15.7 Å². The number of halogens is 1. The van der Waals surface area contributed by atoms with Crippen molar-refractivity contribution >= 4 is 0 Å². The lowest BCUT2D eigenvalue weighted by Crippen LogP contribution is -2.61. The van der Waals surface area contributed by atoms with E-state index in [-0.39, 0.29) is 16.8 Å². The SMILES string of the molecule is CC1(C)CC(NCc2cccc(F)c2O)CC(C)(C)N1. The van der Waals surface area contributed by atoms with Gasteiger partial charge in [-0.25, -0.2) is 4.39 Å². The third kappa shape index (κ3) is 3.70. The van der Waals surface area contributed by atoms with E-state index in [1.807, 2.05) is 0 Å². The molecule has 0 saturated carbocycles. The Labute approximate surface area is 120 Å². The lowest BCUT2D eigenvalue weighted by Gasteiger charge is -2.46. The number of hydrogen-bond donors (Lipinski definition) is 3. The first-order chi connectivity index (χ1) is 9.19. The third-order valence-electron chi connectivity index (χ3n) is 3.84. The molecule has 112 valence electrons. The van der Waals surface area contributed by atoms with Crippen molar-refractivity contribution < 1.29 is 9.50 Å². The predicted octanol–water partition coefficient (Wildman–Crippen LogP) is 2.93. The maximum atomic E-state index is 13.3. The quantitative estimate of drug-likeness (QED) is 0.797. The van der Waals surface area contributed by atoms with E-state index in [9.17, 15) is 9.50 Å². The molecule has 0 radical (unpaired) electrons. The molecule has 3 N–H and O–H groups in total. The molecular weight excluding hydrogens is 255 g/mol. The summed E-state index contributed by atoms with van der Waals surface area (Å²) in [6.45, 7) is 9.27. The van der Waals surface area contributed by atoms with Gasteiger partial charge in [0.15, 0.2) is 11.6 Å². The van der Waals surface area contributed by atoms with Crippen LogP contribution in [0, 0.1) is 5.82 Å². The number of rotatable bonds is 3. The van der Waals surface area contributed by atoms with Crippen LogP contribution in [0.5, 0.6) is 5.75 Å². The zero-order valence-electron chi connectivity index (χ0n) is 12.8. The van der Waals surface area contributed by atoms with Gasteiger partial charge in [-0.15, -0.1) is 0 Å². The van der Waals surface area contributed by atoms with Crippen LogP contribution in [-0.4, -0.2) is 22.2 Å². The largest absolute Gasteiger partial charge is 0.505 e. The van der Waals surface area contributed by atoms with E-state index in [1.54, 1.807) is 12.1 Å². The molecule has 0 aromatic heterocycles. The summed E-state index contributed by atoms with van der Waals surface area (Å²) in [7, 11) is 0. The standard InChI is InChI=1S/C16H25FN2O/c1-15(2)8-12(9-16(3,4)19-15)18-10-11-6-5-7-13(17)14(11)20/h5-7,12,18-20H,8-10H2,1-4H3. The Kier molecular flexibility index (Phi) is 4.07. The van der Waals surface area contributed by atoms with Gasteiger partial charge >= 0.3 is 0 Å². The van der Waals surface area contributed by atoms with Crippen LogP contribution in [0.2, 0.25) is 0 Å². The molecule has 20 heavy (non-hydrogen) atoms. The molecule has 0 aliphatic carbocycles. The molecular formula is C16H25FN2O. The Balaban J connectivity index is 2.02. The second-order valence-corrected chi connectivity index (χ2v) is 7.13. The van der Waals surface area contributed by atoms with E-state index in [2.05, 4.69) is 38.3 Å². The topological polar surface area (TPSA) is 44.3 Å². The summed E-state index contributed by atoms with van der Waals surface area (Å²) in [6.07, 6.45) is 2.01. The predicted molar refractivity (Wildman–Crippen MR) is 79.2 cm³/mol. The Hall–Kier alpha value is -1.13. The van der Waals surface area contributed by atoms with Gasteiger partial charge in [-0.3, -0.25) is 0 Å². The summed E-state index contributed by atoms with van der Waals surface area (Å²) in [5, 5.41) is 16.8. The second-order valence-electron chi connectivity index (χ2n) is 7.13. The van der Waals surface area contributed by atoms with Gasteiger partial charge in [0.2, 0.25) is 0 Å². The maximum absolute atomic E-state index is 13.3. The van der Waals surface area contributed by atoms with Crippen LogP contribution in [0.1, 0.15) is 46.1 Å². The fourth-order valence-corrected chi connectivity index (χ4v) is 3.42. The number of para-hydroxylation sites is 1. The van der Waals surface area contributed by atoms with Crippen molar-refractivity contribution in [2.45, 2.75) is 64.2 Å². The number of aromatic hydroxyl groups is 1. The smallest absolute Gasteiger partial charge is 0.165 e. The molecule has 2 rings (SSSR count). The van der Waals surface area contributed by atoms with Crippen LogP contribution >= 0.6 is 0 Å². The molecule has 0 atom stereocenters. The summed E-state index contributed by atoms with van der Waals surface area (Å²) in [4.78, 5) is 0.